The first-order valence-corrected chi connectivity index (χ1v) is 8.21. The summed E-state index contributed by atoms with van der Waals surface area (Å²) in [6.07, 6.45) is 0. The molecule has 1 N–H and O–H groups in total. The highest BCUT2D eigenvalue weighted by molar-refractivity contribution is 5.96. The molecule has 0 radical (unpaired) electrons. The molecular weight excluding hydrogens is 321 g/mol. The minimum atomic E-state index is -0.346. The van der Waals surface area contributed by atoms with Gasteiger partial charge >= 0.3 is 6.03 Å². The largest absolute Gasteiger partial charge is 0.348 e. The summed E-state index contributed by atoms with van der Waals surface area (Å²) < 4.78 is 13.0. The molecule has 0 aliphatic carbocycles. The molecule has 3 amide bonds. The molecule has 1 unspecified atom stereocenters. The maximum atomic E-state index is 13.0. The van der Waals surface area contributed by atoms with Crippen molar-refractivity contribution >= 4 is 17.6 Å². The predicted octanol–water partition coefficient (Wildman–Crippen LogP) is 2.95. The van der Waals surface area contributed by atoms with Crippen LogP contribution in [-0.4, -0.2) is 36.5 Å². The first-order valence-electron chi connectivity index (χ1n) is 8.21. The number of halogens is 1. The Morgan fingerprint density at radius 1 is 1.12 bits per heavy atom. The van der Waals surface area contributed by atoms with E-state index in [1.54, 1.807) is 17.0 Å². The molecule has 0 saturated carbocycles. The SMILES string of the molecule is CC(NC(=O)CN1CCN(c2ccc(F)cc2)C1=O)c1ccccc1. The maximum absolute atomic E-state index is 13.0. The van der Waals surface area contributed by atoms with Crippen LogP contribution >= 0.6 is 0 Å². The molecule has 1 aliphatic heterocycles. The number of nitrogens with zero attached hydrogens (tertiary/aromatic N) is 2. The van der Waals surface area contributed by atoms with Gasteiger partial charge in [-0.3, -0.25) is 9.69 Å². The van der Waals surface area contributed by atoms with Crippen LogP contribution in [0.4, 0.5) is 14.9 Å². The van der Waals surface area contributed by atoms with Crippen molar-refractivity contribution in [2.75, 3.05) is 24.5 Å². The molecule has 0 bridgehead atoms. The second-order valence-electron chi connectivity index (χ2n) is 6.03. The molecule has 0 aromatic heterocycles. The van der Waals surface area contributed by atoms with E-state index in [1.165, 1.54) is 17.0 Å². The van der Waals surface area contributed by atoms with E-state index in [9.17, 15) is 14.0 Å². The van der Waals surface area contributed by atoms with Crippen LogP contribution in [-0.2, 0) is 4.79 Å². The summed E-state index contributed by atoms with van der Waals surface area (Å²) in [6, 6.07) is 15.1. The molecular formula is C19H20FN3O2. The van der Waals surface area contributed by atoms with Crippen LogP contribution in [0.2, 0.25) is 0 Å². The Labute approximate surface area is 146 Å². The number of rotatable bonds is 5. The Hall–Kier alpha value is -2.89. The third-order valence-electron chi connectivity index (χ3n) is 4.24. The van der Waals surface area contributed by atoms with E-state index in [4.69, 9.17) is 0 Å². The topological polar surface area (TPSA) is 52.7 Å². The first-order chi connectivity index (χ1) is 12.0. The summed E-state index contributed by atoms with van der Waals surface area (Å²) in [5.74, 6) is -0.549. The highest BCUT2D eigenvalue weighted by Gasteiger charge is 2.31. The monoisotopic (exact) mass is 341 g/mol. The fourth-order valence-corrected chi connectivity index (χ4v) is 2.88. The zero-order chi connectivity index (χ0) is 17.8. The van der Waals surface area contributed by atoms with E-state index in [-0.39, 0.29) is 30.3 Å². The number of nitrogens with one attached hydrogen (secondary N) is 1. The molecule has 0 spiro atoms. The number of hydrogen-bond donors (Lipinski definition) is 1. The Morgan fingerprint density at radius 2 is 1.80 bits per heavy atom. The van der Waals surface area contributed by atoms with Gasteiger partial charge in [-0.2, -0.15) is 0 Å². The summed E-state index contributed by atoms with van der Waals surface area (Å²) in [5, 5.41) is 2.90. The standard InChI is InChI=1S/C19H20FN3O2/c1-14(15-5-3-2-4-6-15)21-18(24)13-22-11-12-23(19(22)25)17-9-7-16(20)8-10-17/h2-10,14H,11-13H2,1H3,(H,21,24). The molecule has 6 heteroatoms. The lowest BCUT2D eigenvalue weighted by Crippen LogP contribution is -2.40. The van der Waals surface area contributed by atoms with Gasteiger partial charge in [-0.05, 0) is 36.8 Å². The lowest BCUT2D eigenvalue weighted by atomic mass is 10.1. The predicted molar refractivity (Wildman–Crippen MR) is 93.7 cm³/mol. The number of benzene rings is 2. The smallest absolute Gasteiger partial charge is 0.325 e. The molecule has 1 saturated heterocycles. The van der Waals surface area contributed by atoms with Gasteiger partial charge in [0.05, 0.1) is 6.04 Å². The van der Waals surface area contributed by atoms with Crippen molar-refractivity contribution < 1.29 is 14.0 Å². The number of urea groups is 1. The highest BCUT2D eigenvalue weighted by atomic mass is 19.1. The molecule has 2 aromatic rings. The minimum absolute atomic E-state index is 0.00764. The quantitative estimate of drug-likeness (QED) is 0.909. The van der Waals surface area contributed by atoms with Gasteiger partial charge in [-0.15, -0.1) is 0 Å². The van der Waals surface area contributed by atoms with E-state index in [1.807, 2.05) is 37.3 Å². The Bertz CT molecular complexity index is 749. The average molecular weight is 341 g/mol. The molecule has 1 aliphatic rings. The molecule has 1 fully saturated rings. The van der Waals surface area contributed by atoms with Crippen LogP contribution in [0.5, 0.6) is 0 Å². The minimum Gasteiger partial charge on any atom is -0.348 e. The van der Waals surface area contributed by atoms with Gasteiger partial charge in [0, 0.05) is 18.8 Å². The van der Waals surface area contributed by atoms with Crippen molar-refractivity contribution in [1.82, 2.24) is 10.2 Å². The van der Waals surface area contributed by atoms with E-state index in [0.29, 0.717) is 18.8 Å². The third kappa shape index (κ3) is 3.96. The van der Waals surface area contributed by atoms with Crippen LogP contribution in [0, 0.1) is 5.82 Å². The van der Waals surface area contributed by atoms with E-state index >= 15 is 0 Å². The molecule has 1 heterocycles. The van der Waals surface area contributed by atoms with E-state index < -0.39 is 0 Å². The normalized spacial score (nSPS) is 15.4. The van der Waals surface area contributed by atoms with Crippen LogP contribution in [0.25, 0.3) is 0 Å². The van der Waals surface area contributed by atoms with Crippen molar-refractivity contribution in [3.63, 3.8) is 0 Å². The lowest BCUT2D eigenvalue weighted by molar-refractivity contribution is -0.122. The van der Waals surface area contributed by atoms with Crippen LogP contribution in [0.15, 0.2) is 54.6 Å². The molecule has 2 aromatic carbocycles. The number of amides is 3. The maximum Gasteiger partial charge on any atom is 0.325 e. The zero-order valence-corrected chi connectivity index (χ0v) is 14.0. The summed E-state index contributed by atoms with van der Waals surface area (Å²) in [7, 11) is 0. The van der Waals surface area contributed by atoms with Crippen LogP contribution < -0.4 is 10.2 Å². The summed E-state index contributed by atoms with van der Waals surface area (Å²) >= 11 is 0. The number of anilines is 1. The Balaban J connectivity index is 1.57. The molecule has 5 nitrogen and oxygen atoms in total. The molecule has 1 atom stereocenters. The van der Waals surface area contributed by atoms with Gasteiger partial charge in [0.2, 0.25) is 5.91 Å². The molecule has 25 heavy (non-hydrogen) atoms. The van der Waals surface area contributed by atoms with E-state index in [2.05, 4.69) is 5.32 Å². The lowest BCUT2D eigenvalue weighted by Gasteiger charge is -2.20. The van der Waals surface area contributed by atoms with Gasteiger partial charge in [0.25, 0.3) is 0 Å². The fourth-order valence-electron chi connectivity index (χ4n) is 2.88. The fraction of sp³-hybridized carbons (Fsp3) is 0.263. The van der Waals surface area contributed by atoms with Crippen molar-refractivity contribution in [2.24, 2.45) is 0 Å². The van der Waals surface area contributed by atoms with Crippen LogP contribution in [0.3, 0.4) is 0 Å². The average Bonchev–Trinajstić information content (AvgIpc) is 2.97. The van der Waals surface area contributed by atoms with Crippen molar-refractivity contribution in [2.45, 2.75) is 13.0 Å². The van der Waals surface area contributed by atoms with Gasteiger partial charge in [0.15, 0.2) is 0 Å². The van der Waals surface area contributed by atoms with Crippen molar-refractivity contribution in [3.05, 3.63) is 66.0 Å². The number of hydrogen-bond acceptors (Lipinski definition) is 2. The Kier molecular flexibility index (Phi) is 4.97. The summed E-state index contributed by atoms with van der Waals surface area (Å²) in [5.41, 5.74) is 1.64. The van der Waals surface area contributed by atoms with Gasteiger partial charge in [-0.1, -0.05) is 30.3 Å². The zero-order valence-electron chi connectivity index (χ0n) is 14.0. The van der Waals surface area contributed by atoms with Gasteiger partial charge < -0.3 is 10.2 Å². The first kappa shape index (κ1) is 17.0. The van der Waals surface area contributed by atoms with Gasteiger partial charge in [-0.25, -0.2) is 9.18 Å². The molecule has 130 valence electrons. The van der Waals surface area contributed by atoms with Gasteiger partial charge in [0.1, 0.15) is 12.4 Å². The number of carbonyl (C=O) groups is 2. The van der Waals surface area contributed by atoms with Crippen molar-refractivity contribution in [3.8, 4) is 0 Å². The third-order valence-corrected chi connectivity index (χ3v) is 4.24. The highest BCUT2D eigenvalue weighted by Crippen LogP contribution is 2.20. The Morgan fingerprint density at radius 3 is 2.48 bits per heavy atom. The second kappa shape index (κ2) is 7.34. The molecule has 3 rings (SSSR count). The second-order valence-corrected chi connectivity index (χ2v) is 6.03. The van der Waals surface area contributed by atoms with Crippen molar-refractivity contribution in [1.29, 1.82) is 0 Å². The summed E-state index contributed by atoms with van der Waals surface area (Å²) in [6.45, 7) is 2.85. The van der Waals surface area contributed by atoms with Crippen LogP contribution in [0.1, 0.15) is 18.5 Å². The van der Waals surface area contributed by atoms with E-state index in [0.717, 1.165) is 5.56 Å². The summed E-state index contributed by atoms with van der Waals surface area (Å²) in [4.78, 5) is 27.7. The number of carbonyl (C=O) groups excluding carboxylic acids is 2.